The van der Waals surface area contributed by atoms with E-state index < -0.39 is 10.0 Å². The van der Waals surface area contributed by atoms with Crippen molar-refractivity contribution >= 4 is 38.9 Å². The molecule has 8 heteroatoms. The molecule has 1 fully saturated rings. The number of hydrogen-bond acceptors (Lipinski definition) is 4. The number of amides is 1. The van der Waals surface area contributed by atoms with Crippen molar-refractivity contribution in [2.24, 2.45) is 0 Å². The largest absolute Gasteiger partial charge is 0.372 e. The van der Waals surface area contributed by atoms with E-state index in [1.54, 1.807) is 18.2 Å². The molecule has 34 heavy (non-hydrogen) atoms. The van der Waals surface area contributed by atoms with Crippen molar-refractivity contribution in [3.05, 3.63) is 88.9 Å². The van der Waals surface area contributed by atoms with Gasteiger partial charge in [0, 0.05) is 30.3 Å². The maximum absolute atomic E-state index is 13.4. The maximum atomic E-state index is 13.4. The van der Waals surface area contributed by atoms with Gasteiger partial charge in [0.2, 0.25) is 5.91 Å². The number of benzene rings is 3. The van der Waals surface area contributed by atoms with Gasteiger partial charge >= 0.3 is 0 Å². The Labute approximate surface area is 206 Å². The molecule has 1 saturated heterocycles. The molecule has 4 rings (SSSR count). The molecule has 1 aliphatic rings. The number of sulfonamides is 1. The Morgan fingerprint density at radius 3 is 2.32 bits per heavy atom. The first kappa shape index (κ1) is 24.1. The summed E-state index contributed by atoms with van der Waals surface area (Å²) in [6, 6.07) is 21.1. The van der Waals surface area contributed by atoms with Crippen LogP contribution >= 0.6 is 11.6 Å². The highest BCUT2D eigenvalue weighted by Crippen LogP contribution is 2.25. The van der Waals surface area contributed by atoms with Crippen LogP contribution in [0.25, 0.3) is 0 Å². The van der Waals surface area contributed by atoms with E-state index in [4.69, 9.17) is 11.6 Å². The zero-order chi connectivity index (χ0) is 24.1. The van der Waals surface area contributed by atoms with Crippen LogP contribution in [-0.2, 0) is 21.4 Å². The predicted octanol–water partition coefficient (Wildman–Crippen LogP) is 4.76. The van der Waals surface area contributed by atoms with Crippen LogP contribution in [0.2, 0.25) is 5.02 Å². The topological polar surface area (TPSA) is 69.7 Å². The first-order valence-electron chi connectivity index (χ1n) is 11.3. The van der Waals surface area contributed by atoms with Crippen LogP contribution < -0.4 is 14.5 Å². The molecule has 0 spiro atoms. The quantitative estimate of drug-likeness (QED) is 0.487. The number of nitrogens with zero attached hydrogens (tertiary/aromatic N) is 2. The zero-order valence-corrected chi connectivity index (χ0v) is 20.6. The minimum Gasteiger partial charge on any atom is -0.372 e. The molecule has 3 aromatic carbocycles. The number of aryl methyl sites for hydroxylation is 1. The molecule has 178 valence electrons. The molecular formula is C26H28ClN3O3S. The van der Waals surface area contributed by atoms with Crippen LogP contribution in [0.3, 0.4) is 0 Å². The SMILES string of the molecule is Cc1cccc(N(CC(=O)NCc2ccc(N3CCCC3)cc2)S(=O)(=O)c2ccc(Cl)cc2)c1. The molecule has 1 heterocycles. The molecule has 1 N–H and O–H groups in total. The Bertz CT molecular complexity index is 1240. The van der Waals surface area contributed by atoms with Gasteiger partial charge in [-0.1, -0.05) is 35.9 Å². The lowest BCUT2D eigenvalue weighted by molar-refractivity contribution is -0.119. The predicted molar refractivity (Wildman–Crippen MR) is 137 cm³/mol. The average Bonchev–Trinajstić information content (AvgIpc) is 3.37. The summed E-state index contributed by atoms with van der Waals surface area (Å²) in [4.78, 5) is 15.3. The van der Waals surface area contributed by atoms with E-state index in [2.05, 4.69) is 22.3 Å². The van der Waals surface area contributed by atoms with Crippen molar-refractivity contribution in [3.8, 4) is 0 Å². The zero-order valence-electron chi connectivity index (χ0n) is 19.1. The number of anilines is 2. The van der Waals surface area contributed by atoms with Gasteiger partial charge in [0.15, 0.2) is 0 Å². The maximum Gasteiger partial charge on any atom is 0.264 e. The third-order valence-corrected chi connectivity index (χ3v) is 7.92. The molecule has 1 aliphatic heterocycles. The fourth-order valence-corrected chi connectivity index (χ4v) is 5.56. The summed E-state index contributed by atoms with van der Waals surface area (Å²) < 4.78 is 28.0. The van der Waals surface area contributed by atoms with Crippen molar-refractivity contribution < 1.29 is 13.2 Å². The van der Waals surface area contributed by atoms with Crippen LogP contribution in [0.1, 0.15) is 24.0 Å². The monoisotopic (exact) mass is 497 g/mol. The van der Waals surface area contributed by atoms with Crippen LogP contribution in [0.5, 0.6) is 0 Å². The molecule has 6 nitrogen and oxygen atoms in total. The minimum atomic E-state index is -3.97. The molecule has 0 saturated carbocycles. The third kappa shape index (κ3) is 5.72. The number of halogens is 1. The molecule has 0 aromatic heterocycles. The summed E-state index contributed by atoms with van der Waals surface area (Å²) in [5.74, 6) is -0.386. The fourth-order valence-electron chi connectivity index (χ4n) is 4.02. The summed E-state index contributed by atoms with van der Waals surface area (Å²) in [5.41, 5.74) is 3.47. The second-order valence-corrected chi connectivity index (χ2v) is 10.7. The number of rotatable bonds is 8. The molecule has 0 bridgehead atoms. The minimum absolute atomic E-state index is 0.0729. The number of carbonyl (C=O) groups is 1. The molecule has 1 amide bonds. The molecule has 0 radical (unpaired) electrons. The normalized spacial score (nSPS) is 13.6. The summed E-state index contributed by atoms with van der Waals surface area (Å²) >= 11 is 5.93. The van der Waals surface area contributed by atoms with Gasteiger partial charge in [-0.05, 0) is 79.4 Å². The fraction of sp³-hybridized carbons (Fsp3) is 0.269. The Balaban J connectivity index is 1.48. The summed E-state index contributed by atoms with van der Waals surface area (Å²) in [7, 11) is -3.97. The van der Waals surface area contributed by atoms with E-state index in [1.807, 2.05) is 25.1 Å². The molecule has 3 aromatic rings. The van der Waals surface area contributed by atoms with Gasteiger partial charge in [0.05, 0.1) is 10.6 Å². The second kappa shape index (κ2) is 10.5. The molecular weight excluding hydrogens is 470 g/mol. The van der Waals surface area contributed by atoms with E-state index >= 15 is 0 Å². The van der Waals surface area contributed by atoms with Gasteiger partial charge in [0.25, 0.3) is 10.0 Å². The first-order valence-corrected chi connectivity index (χ1v) is 13.1. The lowest BCUT2D eigenvalue weighted by Crippen LogP contribution is -2.40. The van der Waals surface area contributed by atoms with Gasteiger partial charge in [-0.3, -0.25) is 9.10 Å². The van der Waals surface area contributed by atoms with Gasteiger partial charge in [-0.25, -0.2) is 8.42 Å². The molecule has 0 atom stereocenters. The van der Waals surface area contributed by atoms with Gasteiger partial charge in [-0.15, -0.1) is 0 Å². The number of carbonyl (C=O) groups excluding carboxylic acids is 1. The summed E-state index contributed by atoms with van der Waals surface area (Å²) in [6.45, 7) is 4.02. The lowest BCUT2D eigenvalue weighted by atomic mass is 10.2. The van der Waals surface area contributed by atoms with Crippen LogP contribution in [0.15, 0.2) is 77.7 Å². The van der Waals surface area contributed by atoms with E-state index in [0.717, 1.165) is 28.5 Å². The Hall–Kier alpha value is -3.03. The highest BCUT2D eigenvalue weighted by Gasteiger charge is 2.27. The highest BCUT2D eigenvalue weighted by molar-refractivity contribution is 7.92. The first-order chi connectivity index (χ1) is 16.3. The van der Waals surface area contributed by atoms with Gasteiger partial charge < -0.3 is 10.2 Å². The van der Waals surface area contributed by atoms with E-state index in [-0.39, 0.29) is 17.3 Å². The second-order valence-electron chi connectivity index (χ2n) is 8.44. The van der Waals surface area contributed by atoms with Gasteiger partial charge in [0.1, 0.15) is 6.54 Å². The van der Waals surface area contributed by atoms with Crippen molar-refractivity contribution in [1.29, 1.82) is 0 Å². The van der Waals surface area contributed by atoms with E-state index in [1.165, 1.54) is 42.8 Å². The average molecular weight is 498 g/mol. The Kier molecular flexibility index (Phi) is 7.44. The van der Waals surface area contributed by atoms with Crippen LogP contribution in [0.4, 0.5) is 11.4 Å². The van der Waals surface area contributed by atoms with Crippen molar-refractivity contribution in [1.82, 2.24) is 5.32 Å². The third-order valence-electron chi connectivity index (χ3n) is 5.88. The van der Waals surface area contributed by atoms with Crippen molar-refractivity contribution in [2.45, 2.75) is 31.2 Å². The van der Waals surface area contributed by atoms with E-state index in [0.29, 0.717) is 17.3 Å². The van der Waals surface area contributed by atoms with Gasteiger partial charge in [-0.2, -0.15) is 0 Å². The van der Waals surface area contributed by atoms with Crippen LogP contribution in [-0.4, -0.2) is 34.0 Å². The number of hydrogen-bond donors (Lipinski definition) is 1. The lowest BCUT2D eigenvalue weighted by Gasteiger charge is -2.24. The summed E-state index contributed by atoms with van der Waals surface area (Å²) in [6.07, 6.45) is 2.43. The molecule has 0 unspecified atom stereocenters. The van der Waals surface area contributed by atoms with Crippen molar-refractivity contribution in [3.63, 3.8) is 0 Å². The Morgan fingerprint density at radius 2 is 1.68 bits per heavy atom. The smallest absolute Gasteiger partial charge is 0.264 e. The van der Waals surface area contributed by atoms with E-state index in [9.17, 15) is 13.2 Å². The number of nitrogens with one attached hydrogen (secondary N) is 1. The highest BCUT2D eigenvalue weighted by atomic mass is 35.5. The van der Waals surface area contributed by atoms with Crippen LogP contribution in [0, 0.1) is 6.92 Å². The van der Waals surface area contributed by atoms with Crippen molar-refractivity contribution in [2.75, 3.05) is 28.8 Å². The summed E-state index contributed by atoms with van der Waals surface area (Å²) in [5, 5.41) is 3.30. The Morgan fingerprint density at radius 1 is 1.00 bits per heavy atom. The molecule has 0 aliphatic carbocycles. The standard InChI is InChI=1S/C26H28ClN3O3S/c1-20-5-4-6-24(17-20)30(34(32,33)25-13-9-22(27)10-14-25)19-26(31)28-18-21-7-11-23(12-8-21)29-15-2-3-16-29/h4-14,17H,2-3,15-16,18-19H2,1H3,(H,28,31).